The van der Waals surface area contributed by atoms with Gasteiger partial charge in [-0.15, -0.1) is 0 Å². The molecule has 0 bridgehead atoms. The minimum Gasteiger partial charge on any atom is -0.305 e. The van der Waals surface area contributed by atoms with E-state index < -0.39 is 5.91 Å². The van der Waals surface area contributed by atoms with Crippen LogP contribution in [-0.2, 0) is 11.3 Å². The summed E-state index contributed by atoms with van der Waals surface area (Å²) in [7, 11) is 0. The molecule has 1 saturated carbocycles. The molecule has 0 spiro atoms. The van der Waals surface area contributed by atoms with Gasteiger partial charge in [0.2, 0.25) is 5.91 Å². The normalized spacial score (nSPS) is 14.2. The lowest BCUT2D eigenvalue weighted by Gasteiger charge is -2.06. The van der Waals surface area contributed by atoms with E-state index in [4.69, 9.17) is 0 Å². The van der Waals surface area contributed by atoms with Gasteiger partial charge in [-0.25, -0.2) is 9.31 Å². The van der Waals surface area contributed by atoms with E-state index in [1.165, 1.54) is 6.07 Å². The Morgan fingerprint density at radius 2 is 2.25 bits per heavy atom. The van der Waals surface area contributed by atoms with E-state index in [1.807, 2.05) is 0 Å². The molecule has 3 rings (SSSR count). The van der Waals surface area contributed by atoms with E-state index >= 15 is 0 Å². The zero-order chi connectivity index (χ0) is 14.1. The molecule has 1 amide bonds. The number of nitrogens with one attached hydrogen (secondary N) is 1. The Morgan fingerprint density at radius 3 is 2.90 bits per heavy atom. The molecule has 2 aromatic heterocycles. The fourth-order valence-corrected chi connectivity index (χ4v) is 1.83. The van der Waals surface area contributed by atoms with E-state index in [-0.39, 0.29) is 17.9 Å². The van der Waals surface area contributed by atoms with Crippen molar-refractivity contribution in [3.8, 4) is 0 Å². The van der Waals surface area contributed by atoms with Crippen molar-refractivity contribution in [2.45, 2.75) is 32.2 Å². The number of carbonyl (C=O) groups excluding carboxylic acids is 1. The smallest absolute Gasteiger partial charge is 0.267 e. The first-order chi connectivity index (χ1) is 9.63. The highest BCUT2D eigenvalue weighted by Crippen LogP contribution is 2.38. The van der Waals surface area contributed by atoms with Crippen LogP contribution in [0.15, 0.2) is 21.6 Å². The molecule has 0 aromatic carbocycles. The maximum Gasteiger partial charge on any atom is 0.267 e. The van der Waals surface area contributed by atoms with Crippen molar-refractivity contribution in [2.75, 3.05) is 5.32 Å². The highest BCUT2D eigenvalue weighted by atomic mass is 16.6. The molecule has 0 radical (unpaired) electrons. The number of amides is 1. The lowest BCUT2D eigenvalue weighted by molar-refractivity contribution is -0.117. The van der Waals surface area contributed by atoms with Crippen LogP contribution in [0.4, 0.5) is 5.82 Å². The van der Waals surface area contributed by atoms with Gasteiger partial charge < -0.3 is 5.32 Å². The highest BCUT2D eigenvalue weighted by Gasteiger charge is 2.25. The van der Waals surface area contributed by atoms with Crippen LogP contribution in [0.5, 0.6) is 0 Å². The molecule has 20 heavy (non-hydrogen) atoms. The summed E-state index contributed by atoms with van der Waals surface area (Å²) in [4.78, 5) is 23.6. The largest absolute Gasteiger partial charge is 0.305 e. The van der Waals surface area contributed by atoms with Crippen LogP contribution >= 0.6 is 0 Å². The molecule has 0 atom stereocenters. The Kier molecular flexibility index (Phi) is 3.05. The summed E-state index contributed by atoms with van der Waals surface area (Å²) in [5, 5.41) is 13.8. The van der Waals surface area contributed by atoms with Crippen LogP contribution < -0.4 is 10.9 Å². The number of rotatable bonds is 4. The molecule has 2 heterocycles. The summed E-state index contributed by atoms with van der Waals surface area (Å²) in [6.45, 7) is 1.50. The summed E-state index contributed by atoms with van der Waals surface area (Å²) >= 11 is 0. The Morgan fingerprint density at radius 1 is 1.45 bits per heavy atom. The van der Waals surface area contributed by atoms with E-state index in [9.17, 15) is 9.59 Å². The Labute approximate surface area is 113 Å². The average Bonchev–Trinajstić information content (AvgIpc) is 3.18. The molecule has 0 unspecified atom stereocenters. The summed E-state index contributed by atoms with van der Waals surface area (Å²) in [6, 6.07) is 3.16. The highest BCUT2D eigenvalue weighted by molar-refractivity contribution is 5.89. The third-order valence-corrected chi connectivity index (χ3v) is 3.09. The van der Waals surface area contributed by atoms with Gasteiger partial charge in [-0.05, 0) is 31.0 Å². The second-order valence-electron chi connectivity index (χ2n) is 4.77. The second kappa shape index (κ2) is 4.87. The van der Waals surface area contributed by atoms with Crippen LogP contribution in [0.1, 0.15) is 30.1 Å². The van der Waals surface area contributed by atoms with Crippen molar-refractivity contribution in [3.63, 3.8) is 0 Å². The van der Waals surface area contributed by atoms with Gasteiger partial charge in [-0.3, -0.25) is 9.59 Å². The number of hydrogen-bond donors (Lipinski definition) is 1. The first-order valence-electron chi connectivity index (χ1n) is 6.30. The van der Waals surface area contributed by atoms with E-state index in [1.54, 1.807) is 13.0 Å². The third-order valence-electron chi connectivity index (χ3n) is 3.09. The number of nitrogens with zero attached hydrogens (tertiary/aromatic N) is 4. The van der Waals surface area contributed by atoms with Crippen molar-refractivity contribution >= 4 is 11.7 Å². The van der Waals surface area contributed by atoms with E-state index in [2.05, 4.69) is 25.4 Å². The zero-order valence-corrected chi connectivity index (χ0v) is 10.9. The van der Waals surface area contributed by atoms with Gasteiger partial charge >= 0.3 is 0 Å². The summed E-state index contributed by atoms with van der Waals surface area (Å²) in [5.74, 6) is 0.277. The summed E-state index contributed by atoms with van der Waals surface area (Å²) < 4.78 is 5.64. The van der Waals surface area contributed by atoms with Crippen LogP contribution in [0, 0.1) is 6.92 Å². The minimum absolute atomic E-state index is 0.161. The number of carbonyl (C=O) groups is 1. The molecule has 104 valence electrons. The molecular weight excluding hydrogens is 262 g/mol. The van der Waals surface area contributed by atoms with Gasteiger partial charge in [0.1, 0.15) is 12.2 Å². The second-order valence-corrected chi connectivity index (χ2v) is 4.77. The Balaban J connectivity index is 1.73. The van der Waals surface area contributed by atoms with Gasteiger partial charge in [0.05, 0.1) is 5.69 Å². The van der Waals surface area contributed by atoms with Gasteiger partial charge in [0.15, 0.2) is 5.82 Å². The molecule has 8 heteroatoms. The minimum atomic E-state index is -0.397. The van der Waals surface area contributed by atoms with Crippen LogP contribution in [0.3, 0.4) is 0 Å². The molecule has 8 nitrogen and oxygen atoms in total. The molecule has 1 N–H and O–H groups in total. The summed E-state index contributed by atoms with van der Waals surface area (Å²) in [5.41, 5.74) is 1.03. The van der Waals surface area contributed by atoms with Crippen LogP contribution in [0.2, 0.25) is 0 Å². The SMILES string of the molecule is Cc1nonc1NC(=O)Cn1nc(C2CC2)ccc1=O. The van der Waals surface area contributed by atoms with Gasteiger partial charge in [0, 0.05) is 12.0 Å². The van der Waals surface area contributed by atoms with E-state index in [0.29, 0.717) is 11.6 Å². The van der Waals surface area contributed by atoms with Crippen molar-refractivity contribution < 1.29 is 9.42 Å². The quantitative estimate of drug-likeness (QED) is 0.869. The van der Waals surface area contributed by atoms with Crippen molar-refractivity contribution in [1.82, 2.24) is 20.1 Å². The molecule has 0 aliphatic heterocycles. The Bertz CT molecular complexity index is 701. The molecule has 1 fully saturated rings. The lowest BCUT2D eigenvalue weighted by Crippen LogP contribution is -2.29. The number of aromatic nitrogens is 4. The molecule has 1 aliphatic carbocycles. The molecular formula is C12H13N5O3. The molecule has 1 aliphatic rings. The predicted octanol–water partition coefficient (Wildman–Crippen LogP) is 0.451. The first-order valence-corrected chi connectivity index (χ1v) is 6.30. The monoisotopic (exact) mass is 275 g/mol. The van der Waals surface area contributed by atoms with Crippen LogP contribution in [-0.4, -0.2) is 26.0 Å². The predicted molar refractivity (Wildman–Crippen MR) is 68.1 cm³/mol. The number of aryl methyl sites for hydroxylation is 1. The maximum absolute atomic E-state index is 11.9. The molecule has 2 aromatic rings. The van der Waals surface area contributed by atoms with Crippen molar-refractivity contribution in [2.24, 2.45) is 0 Å². The van der Waals surface area contributed by atoms with Gasteiger partial charge in [-0.2, -0.15) is 5.10 Å². The van der Waals surface area contributed by atoms with Gasteiger partial charge in [0.25, 0.3) is 5.56 Å². The van der Waals surface area contributed by atoms with E-state index in [0.717, 1.165) is 23.2 Å². The van der Waals surface area contributed by atoms with Gasteiger partial charge in [-0.1, -0.05) is 5.16 Å². The van der Waals surface area contributed by atoms with Crippen molar-refractivity contribution in [3.05, 3.63) is 33.9 Å². The number of hydrogen-bond acceptors (Lipinski definition) is 6. The fourth-order valence-electron chi connectivity index (χ4n) is 1.83. The third kappa shape index (κ3) is 2.58. The average molecular weight is 275 g/mol. The summed E-state index contributed by atoms with van der Waals surface area (Å²) in [6.07, 6.45) is 2.17. The first kappa shape index (κ1) is 12.5. The topological polar surface area (TPSA) is 103 Å². The Hall–Kier alpha value is -2.51. The molecule has 0 saturated heterocycles. The lowest BCUT2D eigenvalue weighted by atomic mass is 10.3. The standard InChI is InChI=1S/C12H13N5O3/c1-7-12(16-20-15-7)13-10(18)6-17-11(19)5-4-9(14-17)8-2-3-8/h4-5,8H,2-3,6H2,1H3,(H,13,16,18). The fraction of sp³-hybridized carbons (Fsp3) is 0.417. The van der Waals surface area contributed by atoms with Crippen LogP contribution in [0.25, 0.3) is 0 Å². The zero-order valence-electron chi connectivity index (χ0n) is 10.9. The number of anilines is 1. The maximum atomic E-state index is 11.9. The van der Waals surface area contributed by atoms with Crippen molar-refractivity contribution in [1.29, 1.82) is 0 Å².